The van der Waals surface area contributed by atoms with Crippen molar-refractivity contribution in [1.82, 2.24) is 14.8 Å². The number of amides is 1. The van der Waals surface area contributed by atoms with Gasteiger partial charge in [0.15, 0.2) is 0 Å². The standard InChI is InChI=1S/C18H23N5O/c1-14-5-3-8-19-16(14)22-9-4-6-18(13-22)7-10-23(17(18)24)15-11-20-21(2)12-15/h3,5,8,11-12H,4,6-7,9-10,13H2,1-2H3. The molecule has 1 spiro atoms. The lowest BCUT2D eigenvalue weighted by Crippen LogP contribution is -2.48. The molecule has 0 aromatic carbocycles. The zero-order valence-corrected chi connectivity index (χ0v) is 14.3. The fourth-order valence-corrected chi connectivity index (χ4v) is 4.11. The molecule has 0 saturated carbocycles. The van der Waals surface area contributed by atoms with Gasteiger partial charge in [-0.1, -0.05) is 6.07 Å². The number of anilines is 2. The van der Waals surface area contributed by atoms with Gasteiger partial charge in [-0.15, -0.1) is 0 Å². The Morgan fingerprint density at radius 3 is 2.88 bits per heavy atom. The smallest absolute Gasteiger partial charge is 0.235 e. The van der Waals surface area contributed by atoms with Crippen LogP contribution in [0, 0.1) is 12.3 Å². The Morgan fingerprint density at radius 1 is 1.25 bits per heavy atom. The van der Waals surface area contributed by atoms with E-state index in [-0.39, 0.29) is 11.3 Å². The molecule has 6 nitrogen and oxygen atoms in total. The van der Waals surface area contributed by atoms with E-state index in [1.807, 2.05) is 30.4 Å². The predicted octanol–water partition coefficient (Wildman–Crippen LogP) is 2.15. The van der Waals surface area contributed by atoms with Crippen LogP contribution >= 0.6 is 0 Å². The summed E-state index contributed by atoms with van der Waals surface area (Å²) in [6, 6.07) is 4.05. The van der Waals surface area contributed by atoms with Crippen LogP contribution in [0.2, 0.25) is 0 Å². The van der Waals surface area contributed by atoms with E-state index >= 15 is 0 Å². The predicted molar refractivity (Wildman–Crippen MR) is 93.0 cm³/mol. The second kappa shape index (κ2) is 5.61. The Balaban J connectivity index is 1.59. The maximum atomic E-state index is 13.2. The fraction of sp³-hybridized carbons (Fsp3) is 0.500. The van der Waals surface area contributed by atoms with Gasteiger partial charge in [0.1, 0.15) is 5.82 Å². The molecule has 0 bridgehead atoms. The highest BCUT2D eigenvalue weighted by atomic mass is 16.2. The Kier molecular flexibility index (Phi) is 3.55. The summed E-state index contributed by atoms with van der Waals surface area (Å²) >= 11 is 0. The van der Waals surface area contributed by atoms with Crippen LogP contribution < -0.4 is 9.80 Å². The molecule has 1 amide bonds. The summed E-state index contributed by atoms with van der Waals surface area (Å²) in [4.78, 5) is 21.9. The monoisotopic (exact) mass is 325 g/mol. The zero-order valence-electron chi connectivity index (χ0n) is 14.3. The van der Waals surface area contributed by atoms with E-state index in [9.17, 15) is 4.79 Å². The Morgan fingerprint density at radius 2 is 2.12 bits per heavy atom. The van der Waals surface area contributed by atoms with E-state index in [4.69, 9.17) is 0 Å². The third-order valence-electron chi connectivity index (χ3n) is 5.37. The number of piperidine rings is 1. The van der Waals surface area contributed by atoms with Gasteiger partial charge >= 0.3 is 0 Å². The molecule has 0 radical (unpaired) electrons. The molecule has 1 unspecified atom stereocenters. The number of aryl methyl sites for hydroxylation is 2. The molecule has 4 rings (SSSR count). The van der Waals surface area contributed by atoms with Gasteiger partial charge in [0.25, 0.3) is 0 Å². The highest BCUT2D eigenvalue weighted by molar-refractivity contribution is 6.00. The molecule has 2 aromatic heterocycles. The average molecular weight is 325 g/mol. The molecule has 6 heteroatoms. The van der Waals surface area contributed by atoms with E-state index < -0.39 is 0 Å². The normalized spacial score (nSPS) is 24.2. The number of rotatable bonds is 2. The van der Waals surface area contributed by atoms with Gasteiger partial charge in [-0.25, -0.2) is 4.98 Å². The molecule has 126 valence electrons. The third kappa shape index (κ3) is 2.37. The molecule has 2 fully saturated rings. The second-order valence-corrected chi connectivity index (χ2v) is 7.03. The van der Waals surface area contributed by atoms with Gasteiger partial charge in [0, 0.05) is 39.1 Å². The van der Waals surface area contributed by atoms with E-state index in [1.54, 1.807) is 10.9 Å². The lowest BCUT2D eigenvalue weighted by Gasteiger charge is -2.40. The summed E-state index contributed by atoms with van der Waals surface area (Å²) in [7, 11) is 1.88. The first-order chi connectivity index (χ1) is 11.6. The molecule has 0 N–H and O–H groups in total. The summed E-state index contributed by atoms with van der Waals surface area (Å²) < 4.78 is 1.75. The van der Waals surface area contributed by atoms with Crippen LogP contribution in [0.15, 0.2) is 30.7 Å². The lowest BCUT2D eigenvalue weighted by molar-refractivity contribution is -0.126. The molecule has 2 saturated heterocycles. The van der Waals surface area contributed by atoms with Crippen molar-refractivity contribution in [2.75, 3.05) is 29.4 Å². The highest BCUT2D eigenvalue weighted by Crippen LogP contribution is 2.42. The molecule has 4 heterocycles. The van der Waals surface area contributed by atoms with Crippen molar-refractivity contribution in [2.45, 2.75) is 26.2 Å². The minimum absolute atomic E-state index is 0.244. The Bertz CT molecular complexity index is 770. The van der Waals surface area contributed by atoms with Crippen LogP contribution in [0.5, 0.6) is 0 Å². The fourth-order valence-electron chi connectivity index (χ4n) is 4.11. The maximum Gasteiger partial charge on any atom is 0.235 e. The number of carbonyl (C=O) groups is 1. The molecule has 24 heavy (non-hydrogen) atoms. The first-order valence-corrected chi connectivity index (χ1v) is 8.56. The van der Waals surface area contributed by atoms with E-state index in [2.05, 4.69) is 28.0 Å². The van der Waals surface area contributed by atoms with Gasteiger partial charge in [-0.05, 0) is 37.8 Å². The topological polar surface area (TPSA) is 54.3 Å². The molecular weight excluding hydrogens is 302 g/mol. The average Bonchev–Trinajstić information content (AvgIpc) is 3.13. The summed E-state index contributed by atoms with van der Waals surface area (Å²) in [6.07, 6.45) is 8.43. The van der Waals surface area contributed by atoms with Crippen LogP contribution in [0.25, 0.3) is 0 Å². The summed E-state index contributed by atoms with van der Waals surface area (Å²) in [5, 5.41) is 4.21. The van der Waals surface area contributed by atoms with Crippen molar-refractivity contribution in [3.8, 4) is 0 Å². The van der Waals surface area contributed by atoms with Gasteiger partial charge < -0.3 is 9.80 Å². The Hall–Kier alpha value is -2.37. The Labute approximate surface area is 142 Å². The first kappa shape index (κ1) is 15.2. The van der Waals surface area contributed by atoms with E-state index in [0.29, 0.717) is 0 Å². The number of hydrogen-bond donors (Lipinski definition) is 0. The number of nitrogens with zero attached hydrogens (tertiary/aromatic N) is 5. The van der Waals surface area contributed by atoms with Crippen molar-refractivity contribution >= 4 is 17.4 Å². The second-order valence-electron chi connectivity index (χ2n) is 7.03. The molecule has 2 aromatic rings. The maximum absolute atomic E-state index is 13.2. The number of carbonyl (C=O) groups excluding carboxylic acids is 1. The number of pyridine rings is 1. The van der Waals surface area contributed by atoms with Crippen molar-refractivity contribution in [1.29, 1.82) is 0 Å². The van der Waals surface area contributed by atoms with Gasteiger partial charge in [-0.2, -0.15) is 5.10 Å². The van der Waals surface area contributed by atoms with Crippen LogP contribution in [-0.4, -0.2) is 40.3 Å². The number of aromatic nitrogens is 3. The minimum Gasteiger partial charge on any atom is -0.355 e. The van der Waals surface area contributed by atoms with Crippen LogP contribution in [0.4, 0.5) is 11.5 Å². The third-order valence-corrected chi connectivity index (χ3v) is 5.37. The summed E-state index contributed by atoms with van der Waals surface area (Å²) in [5.41, 5.74) is 1.80. The summed E-state index contributed by atoms with van der Waals surface area (Å²) in [5.74, 6) is 1.26. The van der Waals surface area contributed by atoms with E-state index in [1.165, 1.54) is 5.56 Å². The largest absolute Gasteiger partial charge is 0.355 e. The zero-order chi connectivity index (χ0) is 16.7. The van der Waals surface area contributed by atoms with Crippen molar-refractivity contribution < 1.29 is 4.79 Å². The van der Waals surface area contributed by atoms with Crippen molar-refractivity contribution in [2.24, 2.45) is 12.5 Å². The molecular formula is C18H23N5O. The van der Waals surface area contributed by atoms with Crippen molar-refractivity contribution in [3.05, 3.63) is 36.3 Å². The molecule has 2 aliphatic heterocycles. The van der Waals surface area contributed by atoms with Crippen LogP contribution in [0.3, 0.4) is 0 Å². The molecule has 2 aliphatic rings. The summed E-state index contributed by atoms with van der Waals surface area (Å²) in [6.45, 7) is 4.60. The molecule has 1 atom stereocenters. The van der Waals surface area contributed by atoms with E-state index in [0.717, 1.165) is 50.4 Å². The van der Waals surface area contributed by atoms with Crippen LogP contribution in [-0.2, 0) is 11.8 Å². The lowest BCUT2D eigenvalue weighted by atomic mass is 9.78. The minimum atomic E-state index is -0.280. The highest BCUT2D eigenvalue weighted by Gasteiger charge is 2.49. The van der Waals surface area contributed by atoms with Gasteiger partial charge in [0.2, 0.25) is 5.91 Å². The van der Waals surface area contributed by atoms with Gasteiger partial charge in [0.05, 0.1) is 17.3 Å². The van der Waals surface area contributed by atoms with Crippen LogP contribution in [0.1, 0.15) is 24.8 Å². The quantitative estimate of drug-likeness (QED) is 0.849. The first-order valence-electron chi connectivity index (χ1n) is 8.56. The SMILES string of the molecule is Cc1cccnc1N1CCCC2(CCN(c3cnn(C)c3)C2=O)C1. The van der Waals surface area contributed by atoms with Gasteiger partial charge in [-0.3, -0.25) is 9.48 Å². The molecule has 0 aliphatic carbocycles. The number of hydrogen-bond acceptors (Lipinski definition) is 4. The van der Waals surface area contributed by atoms with Crippen molar-refractivity contribution in [3.63, 3.8) is 0 Å².